The number of halogens is 4. The van der Waals surface area contributed by atoms with Gasteiger partial charge in [0.05, 0.1) is 11.1 Å². The normalized spacial score (nSPS) is 12.2. The van der Waals surface area contributed by atoms with E-state index in [0.717, 1.165) is 6.07 Å². The molecule has 0 spiro atoms. The fourth-order valence-electron chi connectivity index (χ4n) is 2.72. The number of benzene rings is 2. The van der Waals surface area contributed by atoms with Crippen LogP contribution in [-0.4, -0.2) is 20.0 Å². The van der Waals surface area contributed by atoms with Crippen LogP contribution in [0.1, 0.15) is 5.56 Å². The first-order chi connectivity index (χ1) is 11.4. The van der Waals surface area contributed by atoms with Crippen LogP contribution in [0.2, 0.25) is 5.02 Å². The van der Waals surface area contributed by atoms with Gasteiger partial charge in [-0.1, -0.05) is 35.9 Å². The van der Waals surface area contributed by atoms with Gasteiger partial charge in [-0.2, -0.15) is 17.7 Å². The first-order valence-electron chi connectivity index (χ1n) is 6.92. The molecular weight excluding hydrogens is 341 g/mol. The van der Waals surface area contributed by atoms with Crippen LogP contribution in [0.5, 0.6) is 0 Å². The van der Waals surface area contributed by atoms with Crippen LogP contribution in [0.25, 0.3) is 27.7 Å². The molecule has 4 aromatic rings. The Labute approximate surface area is 138 Å². The molecule has 0 fully saturated rings. The van der Waals surface area contributed by atoms with Crippen molar-refractivity contribution in [2.45, 2.75) is 6.18 Å². The highest BCUT2D eigenvalue weighted by molar-refractivity contribution is 6.31. The Morgan fingerprint density at radius 3 is 2.54 bits per heavy atom. The number of alkyl halides is 3. The smallest absolute Gasteiger partial charge is 0.192 e. The largest absolute Gasteiger partial charge is 0.417 e. The zero-order valence-electron chi connectivity index (χ0n) is 11.9. The first-order valence-corrected chi connectivity index (χ1v) is 7.30. The van der Waals surface area contributed by atoms with E-state index in [4.69, 9.17) is 11.6 Å². The Kier molecular flexibility index (Phi) is 3.21. The summed E-state index contributed by atoms with van der Waals surface area (Å²) in [5, 5.41) is 12.5. The molecule has 0 atom stereocenters. The lowest BCUT2D eigenvalue weighted by Gasteiger charge is -2.14. The lowest BCUT2D eigenvalue weighted by Crippen LogP contribution is -2.07. The average Bonchev–Trinajstić information content (AvgIpc) is 3.03. The molecule has 4 nitrogen and oxygen atoms in total. The van der Waals surface area contributed by atoms with Crippen LogP contribution in [0.4, 0.5) is 13.2 Å². The van der Waals surface area contributed by atoms with E-state index in [0.29, 0.717) is 21.5 Å². The fourth-order valence-corrected chi connectivity index (χ4v) is 2.89. The van der Waals surface area contributed by atoms with Gasteiger partial charge in [0.1, 0.15) is 0 Å². The van der Waals surface area contributed by atoms with E-state index in [1.54, 1.807) is 30.3 Å². The number of hydrogen-bond acceptors (Lipinski definition) is 3. The molecule has 4 rings (SSSR count). The van der Waals surface area contributed by atoms with Gasteiger partial charge in [0, 0.05) is 16.0 Å². The minimum atomic E-state index is -4.48. The van der Waals surface area contributed by atoms with E-state index in [1.165, 1.54) is 16.6 Å². The summed E-state index contributed by atoms with van der Waals surface area (Å²) in [5.41, 5.74) is 0.463. The number of hydrogen-bond donors (Lipinski definition) is 0. The summed E-state index contributed by atoms with van der Waals surface area (Å²) in [4.78, 5) is 0. The Morgan fingerprint density at radius 2 is 1.75 bits per heavy atom. The average molecular weight is 349 g/mol. The van der Waals surface area contributed by atoms with E-state index in [-0.39, 0.29) is 11.2 Å². The van der Waals surface area contributed by atoms with E-state index < -0.39 is 11.7 Å². The molecule has 120 valence electrons. The lowest BCUT2D eigenvalue weighted by atomic mass is 9.99. The highest BCUT2D eigenvalue weighted by atomic mass is 35.5. The van der Waals surface area contributed by atoms with Gasteiger partial charge in [0.2, 0.25) is 0 Å². The maximum absolute atomic E-state index is 13.4. The first kappa shape index (κ1) is 14.9. The van der Waals surface area contributed by atoms with E-state index in [2.05, 4.69) is 15.5 Å². The van der Waals surface area contributed by atoms with Crippen molar-refractivity contribution in [1.29, 1.82) is 0 Å². The molecular formula is C16H8ClF3N4. The molecule has 0 aliphatic carbocycles. The van der Waals surface area contributed by atoms with Crippen molar-refractivity contribution in [1.82, 2.24) is 20.0 Å². The number of rotatable bonds is 1. The molecule has 0 unspecified atom stereocenters. The third kappa shape index (κ3) is 2.28. The Balaban J connectivity index is 2.11. The summed E-state index contributed by atoms with van der Waals surface area (Å²) < 4.78 is 41.4. The van der Waals surface area contributed by atoms with Crippen molar-refractivity contribution in [3.8, 4) is 11.1 Å². The maximum atomic E-state index is 13.4. The number of pyridine rings is 1. The molecule has 0 saturated heterocycles. The van der Waals surface area contributed by atoms with Gasteiger partial charge in [0.25, 0.3) is 0 Å². The minimum Gasteiger partial charge on any atom is -0.192 e. The summed E-state index contributed by atoms with van der Waals surface area (Å²) >= 11 is 6.00. The van der Waals surface area contributed by atoms with E-state index in [9.17, 15) is 13.2 Å². The zero-order chi connectivity index (χ0) is 16.9. The second-order valence-electron chi connectivity index (χ2n) is 5.22. The van der Waals surface area contributed by atoms with Gasteiger partial charge in [-0.05, 0) is 40.3 Å². The van der Waals surface area contributed by atoms with Crippen LogP contribution in [0.15, 0.2) is 48.5 Å². The van der Waals surface area contributed by atoms with Crippen LogP contribution in [0.3, 0.4) is 0 Å². The monoisotopic (exact) mass is 348 g/mol. The topological polar surface area (TPSA) is 43.1 Å². The van der Waals surface area contributed by atoms with Gasteiger partial charge in [-0.3, -0.25) is 0 Å². The molecule has 2 heterocycles. The lowest BCUT2D eigenvalue weighted by molar-refractivity contribution is -0.137. The number of nitrogens with zero attached hydrogens (tertiary/aromatic N) is 4. The SMILES string of the molecule is FC(F)(F)c1ccccc1-c1cc2ccc(Cl)cc2n2nnnc12. The molecule has 0 aliphatic rings. The van der Waals surface area contributed by atoms with Crippen LogP contribution < -0.4 is 0 Å². The minimum absolute atomic E-state index is 0.0293. The zero-order valence-corrected chi connectivity index (χ0v) is 12.7. The van der Waals surface area contributed by atoms with Crippen LogP contribution in [0, 0.1) is 0 Å². The van der Waals surface area contributed by atoms with E-state index >= 15 is 0 Å². The molecule has 0 N–H and O–H groups in total. The molecule has 8 heteroatoms. The van der Waals surface area contributed by atoms with Crippen LogP contribution in [-0.2, 0) is 6.18 Å². The van der Waals surface area contributed by atoms with Gasteiger partial charge in [-0.15, -0.1) is 5.10 Å². The number of tetrazole rings is 1. The molecule has 2 aromatic carbocycles. The molecule has 24 heavy (non-hydrogen) atoms. The summed E-state index contributed by atoms with van der Waals surface area (Å²) in [5.74, 6) is 0. The van der Waals surface area contributed by atoms with Gasteiger partial charge in [-0.25, -0.2) is 0 Å². The molecule has 0 aliphatic heterocycles. The number of aromatic nitrogens is 4. The molecule has 2 aromatic heterocycles. The van der Waals surface area contributed by atoms with Gasteiger partial charge in [0.15, 0.2) is 5.65 Å². The highest BCUT2D eigenvalue weighted by Gasteiger charge is 2.34. The van der Waals surface area contributed by atoms with Crippen molar-refractivity contribution in [3.05, 3.63) is 59.1 Å². The summed E-state index contributed by atoms with van der Waals surface area (Å²) in [6, 6.07) is 12.1. The van der Waals surface area contributed by atoms with E-state index in [1.807, 2.05) is 0 Å². The third-order valence-corrected chi connectivity index (χ3v) is 3.99. The van der Waals surface area contributed by atoms with Crippen molar-refractivity contribution < 1.29 is 13.2 Å². The molecule has 0 bridgehead atoms. The molecule has 0 amide bonds. The fraction of sp³-hybridized carbons (Fsp3) is 0.0625. The second-order valence-corrected chi connectivity index (χ2v) is 5.66. The predicted octanol–water partition coefficient (Wildman–Crippen LogP) is 4.62. The summed E-state index contributed by atoms with van der Waals surface area (Å²) in [7, 11) is 0. The molecule has 0 radical (unpaired) electrons. The van der Waals surface area contributed by atoms with Gasteiger partial charge >= 0.3 is 6.18 Å². The summed E-state index contributed by atoms with van der Waals surface area (Å²) in [6.07, 6.45) is -4.48. The maximum Gasteiger partial charge on any atom is 0.417 e. The van der Waals surface area contributed by atoms with Crippen molar-refractivity contribution in [3.63, 3.8) is 0 Å². The third-order valence-electron chi connectivity index (χ3n) is 3.75. The Morgan fingerprint density at radius 1 is 0.958 bits per heavy atom. The van der Waals surface area contributed by atoms with Crippen molar-refractivity contribution >= 4 is 28.2 Å². The van der Waals surface area contributed by atoms with Gasteiger partial charge < -0.3 is 0 Å². The standard InChI is InChI=1S/C16H8ClF3N4/c17-10-6-5-9-7-12(15-21-22-23-24(15)14(9)8-10)11-3-1-2-4-13(11)16(18,19)20/h1-8H. The predicted molar refractivity (Wildman–Crippen MR) is 83.7 cm³/mol. The second kappa shape index (κ2) is 5.17. The summed E-state index contributed by atoms with van der Waals surface area (Å²) in [6.45, 7) is 0. The Bertz CT molecular complexity index is 1070. The quantitative estimate of drug-likeness (QED) is 0.504. The van der Waals surface area contributed by atoms with Crippen molar-refractivity contribution in [2.24, 2.45) is 0 Å². The number of fused-ring (bicyclic) bond motifs is 3. The van der Waals surface area contributed by atoms with Crippen LogP contribution >= 0.6 is 11.6 Å². The Hall–Kier alpha value is -2.67. The molecule has 0 saturated carbocycles. The van der Waals surface area contributed by atoms with Crippen molar-refractivity contribution in [2.75, 3.05) is 0 Å². The highest BCUT2D eigenvalue weighted by Crippen LogP contribution is 2.39.